The Morgan fingerprint density at radius 1 is 1.13 bits per heavy atom. The normalized spacial score (nSPS) is 23.8. The third kappa shape index (κ3) is 3.24. The van der Waals surface area contributed by atoms with Gasteiger partial charge in [-0.2, -0.15) is 0 Å². The topological polar surface area (TPSA) is 66.5 Å². The smallest absolute Gasteiger partial charge is 0.240 e. The SMILES string of the molecule is O=C(CN1C(=O)[C@H]2CCCC[C@@H]2C1=O)NCc1ccccc1Cl. The number of carbonyl (C=O) groups is 3. The van der Waals surface area contributed by atoms with Gasteiger partial charge in [-0.05, 0) is 24.5 Å². The highest BCUT2D eigenvalue weighted by Crippen LogP contribution is 2.37. The molecule has 1 aliphatic carbocycles. The molecule has 0 radical (unpaired) electrons. The van der Waals surface area contributed by atoms with E-state index in [1.54, 1.807) is 6.07 Å². The molecule has 6 heteroatoms. The van der Waals surface area contributed by atoms with E-state index < -0.39 is 0 Å². The molecule has 1 saturated heterocycles. The summed E-state index contributed by atoms with van der Waals surface area (Å²) in [7, 11) is 0. The molecule has 0 unspecified atom stereocenters. The first-order chi connectivity index (χ1) is 11.1. The Morgan fingerprint density at radius 3 is 2.35 bits per heavy atom. The zero-order valence-corrected chi connectivity index (χ0v) is 13.5. The average molecular weight is 335 g/mol. The van der Waals surface area contributed by atoms with Crippen LogP contribution in [0.2, 0.25) is 5.02 Å². The zero-order valence-electron chi connectivity index (χ0n) is 12.8. The van der Waals surface area contributed by atoms with Gasteiger partial charge in [0.15, 0.2) is 0 Å². The molecule has 5 nitrogen and oxygen atoms in total. The minimum atomic E-state index is -0.342. The molecule has 1 heterocycles. The number of likely N-dealkylation sites (tertiary alicyclic amines) is 1. The molecule has 122 valence electrons. The lowest BCUT2D eigenvalue weighted by Gasteiger charge is -2.19. The summed E-state index contributed by atoms with van der Waals surface area (Å²) in [6.07, 6.45) is 3.47. The number of carbonyl (C=O) groups excluding carboxylic acids is 3. The van der Waals surface area contributed by atoms with Crippen molar-refractivity contribution in [3.05, 3.63) is 34.9 Å². The first kappa shape index (κ1) is 16.0. The molecule has 3 rings (SSSR count). The van der Waals surface area contributed by atoms with Crippen LogP contribution in [0, 0.1) is 11.8 Å². The number of halogens is 1. The number of hydrogen-bond donors (Lipinski definition) is 1. The molecule has 3 amide bonds. The molecular weight excluding hydrogens is 316 g/mol. The number of nitrogens with zero attached hydrogens (tertiary/aromatic N) is 1. The van der Waals surface area contributed by atoms with Crippen LogP contribution in [-0.2, 0) is 20.9 Å². The lowest BCUT2D eigenvalue weighted by molar-refractivity contribution is -0.143. The first-order valence-corrected chi connectivity index (χ1v) is 8.31. The number of hydrogen-bond acceptors (Lipinski definition) is 3. The van der Waals surface area contributed by atoms with Crippen LogP contribution in [0.1, 0.15) is 31.2 Å². The number of rotatable bonds is 4. The molecule has 2 fully saturated rings. The highest BCUT2D eigenvalue weighted by Gasteiger charge is 2.48. The van der Waals surface area contributed by atoms with E-state index in [2.05, 4.69) is 5.32 Å². The Morgan fingerprint density at radius 2 is 1.74 bits per heavy atom. The van der Waals surface area contributed by atoms with Crippen molar-refractivity contribution < 1.29 is 14.4 Å². The molecule has 2 aliphatic rings. The second-order valence-electron chi connectivity index (χ2n) is 6.13. The lowest BCUT2D eigenvalue weighted by Crippen LogP contribution is -2.40. The third-order valence-corrected chi connectivity index (χ3v) is 5.04. The van der Waals surface area contributed by atoms with Crippen molar-refractivity contribution in [1.82, 2.24) is 10.2 Å². The van der Waals surface area contributed by atoms with Gasteiger partial charge in [-0.3, -0.25) is 19.3 Å². The Hall–Kier alpha value is -1.88. The largest absolute Gasteiger partial charge is 0.350 e. The summed E-state index contributed by atoms with van der Waals surface area (Å²) in [5.41, 5.74) is 0.801. The molecule has 23 heavy (non-hydrogen) atoms. The molecule has 1 aliphatic heterocycles. The Balaban J connectivity index is 1.58. The van der Waals surface area contributed by atoms with Crippen LogP contribution in [0.5, 0.6) is 0 Å². The van der Waals surface area contributed by atoms with Crippen molar-refractivity contribution in [2.24, 2.45) is 11.8 Å². The summed E-state index contributed by atoms with van der Waals surface area (Å²) in [5, 5.41) is 3.30. The standard InChI is InChI=1S/C17H19ClN2O3/c18-14-8-4-1-5-11(14)9-19-15(21)10-20-16(22)12-6-2-3-7-13(12)17(20)23/h1,4-5,8,12-13H,2-3,6-7,9-10H2,(H,19,21)/t12-,13-/m0/s1. The van der Waals surface area contributed by atoms with Crippen molar-refractivity contribution in [1.29, 1.82) is 0 Å². The van der Waals surface area contributed by atoms with Gasteiger partial charge in [-0.15, -0.1) is 0 Å². The quantitative estimate of drug-likeness (QED) is 0.858. The predicted octanol–water partition coefficient (Wildman–Crippen LogP) is 2.13. The molecule has 0 aromatic heterocycles. The molecular formula is C17H19ClN2O3. The summed E-state index contributed by atoms with van der Waals surface area (Å²) in [6, 6.07) is 7.23. The number of fused-ring (bicyclic) bond motifs is 1. The third-order valence-electron chi connectivity index (χ3n) is 4.67. The highest BCUT2D eigenvalue weighted by molar-refractivity contribution is 6.31. The van der Waals surface area contributed by atoms with Crippen LogP contribution in [0.3, 0.4) is 0 Å². The fraction of sp³-hybridized carbons (Fsp3) is 0.471. The summed E-state index contributed by atoms with van der Waals surface area (Å²) in [5.74, 6) is -1.15. The van der Waals surface area contributed by atoms with Crippen molar-refractivity contribution in [2.75, 3.05) is 6.54 Å². The van der Waals surface area contributed by atoms with Gasteiger partial charge in [0.1, 0.15) is 6.54 Å². The number of nitrogens with one attached hydrogen (secondary N) is 1. The van der Waals surface area contributed by atoms with Crippen LogP contribution in [-0.4, -0.2) is 29.2 Å². The van der Waals surface area contributed by atoms with E-state index in [1.165, 1.54) is 0 Å². The maximum atomic E-state index is 12.3. The van der Waals surface area contributed by atoms with Crippen molar-refractivity contribution in [3.8, 4) is 0 Å². The lowest BCUT2D eigenvalue weighted by atomic mass is 9.81. The average Bonchev–Trinajstić information content (AvgIpc) is 2.80. The van der Waals surface area contributed by atoms with Crippen molar-refractivity contribution in [2.45, 2.75) is 32.2 Å². The minimum absolute atomic E-state index is 0.187. The summed E-state index contributed by atoms with van der Waals surface area (Å²) >= 11 is 6.04. The van der Waals surface area contributed by atoms with Crippen LogP contribution in [0.15, 0.2) is 24.3 Å². The van der Waals surface area contributed by atoms with E-state index in [-0.39, 0.29) is 42.6 Å². The van der Waals surface area contributed by atoms with E-state index >= 15 is 0 Å². The molecule has 1 aromatic carbocycles. The Kier molecular flexibility index (Phi) is 4.66. The second kappa shape index (κ2) is 6.71. The molecule has 2 atom stereocenters. The summed E-state index contributed by atoms with van der Waals surface area (Å²) in [4.78, 5) is 37.8. The first-order valence-electron chi connectivity index (χ1n) is 7.93. The van der Waals surface area contributed by atoms with Gasteiger partial charge >= 0.3 is 0 Å². The van der Waals surface area contributed by atoms with E-state index in [1.807, 2.05) is 18.2 Å². The maximum absolute atomic E-state index is 12.3. The van der Waals surface area contributed by atoms with Crippen LogP contribution in [0.25, 0.3) is 0 Å². The van der Waals surface area contributed by atoms with Crippen molar-refractivity contribution in [3.63, 3.8) is 0 Å². The van der Waals surface area contributed by atoms with Gasteiger partial charge in [-0.1, -0.05) is 42.6 Å². The van der Waals surface area contributed by atoms with Gasteiger partial charge in [-0.25, -0.2) is 0 Å². The van der Waals surface area contributed by atoms with Gasteiger partial charge in [0.05, 0.1) is 11.8 Å². The zero-order chi connectivity index (χ0) is 16.4. The second-order valence-corrected chi connectivity index (χ2v) is 6.54. The maximum Gasteiger partial charge on any atom is 0.240 e. The fourth-order valence-corrected chi connectivity index (χ4v) is 3.62. The van der Waals surface area contributed by atoms with Gasteiger partial charge < -0.3 is 5.32 Å². The van der Waals surface area contributed by atoms with E-state index in [0.717, 1.165) is 36.1 Å². The number of benzene rings is 1. The monoisotopic (exact) mass is 334 g/mol. The number of imide groups is 1. The molecule has 1 saturated carbocycles. The molecule has 0 bridgehead atoms. The molecule has 1 aromatic rings. The Labute approximate surface area is 140 Å². The summed E-state index contributed by atoms with van der Waals surface area (Å²) < 4.78 is 0. The van der Waals surface area contributed by atoms with Gasteiger partial charge in [0.2, 0.25) is 17.7 Å². The van der Waals surface area contributed by atoms with E-state index in [9.17, 15) is 14.4 Å². The van der Waals surface area contributed by atoms with Crippen molar-refractivity contribution >= 4 is 29.3 Å². The van der Waals surface area contributed by atoms with Gasteiger partial charge in [0.25, 0.3) is 0 Å². The summed E-state index contributed by atoms with van der Waals surface area (Å²) in [6.45, 7) is 0.0801. The molecule has 0 spiro atoms. The van der Waals surface area contributed by atoms with E-state index in [0.29, 0.717) is 5.02 Å². The predicted molar refractivity (Wildman–Crippen MR) is 85.5 cm³/mol. The minimum Gasteiger partial charge on any atom is -0.350 e. The van der Waals surface area contributed by atoms with Crippen LogP contribution >= 0.6 is 11.6 Å². The number of amides is 3. The fourth-order valence-electron chi connectivity index (χ4n) is 3.42. The Bertz CT molecular complexity index is 622. The van der Waals surface area contributed by atoms with Gasteiger partial charge in [0, 0.05) is 11.6 Å². The highest BCUT2D eigenvalue weighted by atomic mass is 35.5. The van der Waals surface area contributed by atoms with Crippen LogP contribution < -0.4 is 5.32 Å². The van der Waals surface area contributed by atoms with Crippen LogP contribution in [0.4, 0.5) is 0 Å². The molecule has 1 N–H and O–H groups in total. The van der Waals surface area contributed by atoms with E-state index in [4.69, 9.17) is 11.6 Å².